The van der Waals surface area contributed by atoms with E-state index in [-0.39, 0.29) is 31.1 Å². The fourth-order valence-electron chi connectivity index (χ4n) is 12.0. The van der Waals surface area contributed by atoms with Gasteiger partial charge in [0.1, 0.15) is 13.2 Å². The Morgan fingerprint density at radius 2 is 0.398 bits per heavy atom. The summed E-state index contributed by atoms with van der Waals surface area (Å²) in [5.41, 5.74) is 0. The third-order valence-electron chi connectivity index (χ3n) is 17.8. The van der Waals surface area contributed by atoms with Crippen molar-refractivity contribution < 1.29 is 28.6 Å². The van der Waals surface area contributed by atoms with Gasteiger partial charge in [0.25, 0.3) is 0 Å². The Labute approximate surface area is 520 Å². The molecule has 6 nitrogen and oxygen atoms in total. The van der Waals surface area contributed by atoms with Gasteiger partial charge in [0.05, 0.1) is 0 Å². The number of carbonyl (C=O) groups is 3. The van der Waals surface area contributed by atoms with E-state index >= 15 is 0 Å². The molecule has 0 aromatic carbocycles. The van der Waals surface area contributed by atoms with Crippen molar-refractivity contribution in [3.8, 4) is 0 Å². The number of hydrogen-bond acceptors (Lipinski definition) is 6. The van der Waals surface area contributed by atoms with Crippen molar-refractivity contribution in [1.29, 1.82) is 0 Å². The van der Waals surface area contributed by atoms with Crippen molar-refractivity contribution in [3.63, 3.8) is 0 Å². The maximum absolute atomic E-state index is 12.9. The average Bonchev–Trinajstić information content (AvgIpc) is 3.49. The third kappa shape index (κ3) is 70.8. The molecule has 0 aliphatic carbocycles. The fraction of sp³-hybridized carbons (Fsp3) is 0.935. The molecule has 1 atom stereocenters. The minimum absolute atomic E-state index is 0.0635. The number of hydrogen-bond donors (Lipinski definition) is 0. The Morgan fingerprint density at radius 1 is 0.229 bits per heavy atom. The highest BCUT2D eigenvalue weighted by atomic mass is 16.6. The molecular weight excluding hydrogens is 1020 g/mol. The lowest BCUT2D eigenvalue weighted by Gasteiger charge is -2.18. The Kier molecular flexibility index (Phi) is 71.0. The summed E-state index contributed by atoms with van der Waals surface area (Å²) in [7, 11) is 0. The Hall–Kier alpha value is -1.85. The van der Waals surface area contributed by atoms with E-state index in [1.807, 2.05) is 0 Å². The highest BCUT2D eigenvalue weighted by Gasteiger charge is 2.20. The van der Waals surface area contributed by atoms with Crippen molar-refractivity contribution in [2.24, 2.45) is 0 Å². The van der Waals surface area contributed by atoms with Crippen molar-refractivity contribution in [1.82, 2.24) is 0 Å². The molecule has 0 aromatic rings. The molecular formula is C77H148O6. The standard InChI is InChI=1S/C77H148O6/c1-4-7-10-13-15-17-19-21-23-25-27-29-31-33-35-37-38-40-41-43-45-47-49-51-53-55-57-59-61-64-67-70-76(79)82-73-74(72-81-75(78)69-66-63-12-9-6-3)83-77(80)71-68-65-62-60-58-56-54-52-50-48-46-44-42-39-36-34-32-30-28-26-24-22-20-18-16-14-11-8-5-2/h25,27,74H,4-24,26,28-73H2,1-3H3/b27-25-. The van der Waals surface area contributed by atoms with Crippen LogP contribution in [-0.4, -0.2) is 37.2 Å². The molecule has 0 aliphatic rings. The van der Waals surface area contributed by atoms with Gasteiger partial charge in [-0.25, -0.2) is 0 Å². The van der Waals surface area contributed by atoms with E-state index in [4.69, 9.17) is 14.2 Å². The third-order valence-corrected chi connectivity index (χ3v) is 17.8. The van der Waals surface area contributed by atoms with E-state index in [1.54, 1.807) is 0 Å². The van der Waals surface area contributed by atoms with Gasteiger partial charge in [-0.2, -0.15) is 0 Å². The van der Waals surface area contributed by atoms with Gasteiger partial charge in [-0.15, -0.1) is 0 Å². The zero-order chi connectivity index (χ0) is 59.9. The summed E-state index contributed by atoms with van der Waals surface area (Å²) in [4.78, 5) is 38.1. The van der Waals surface area contributed by atoms with Crippen LogP contribution in [0.2, 0.25) is 0 Å². The fourth-order valence-corrected chi connectivity index (χ4v) is 12.0. The summed E-state index contributed by atoms with van der Waals surface area (Å²) >= 11 is 0. The molecule has 0 aliphatic heterocycles. The normalized spacial score (nSPS) is 12.0. The van der Waals surface area contributed by atoms with Gasteiger partial charge < -0.3 is 14.2 Å². The van der Waals surface area contributed by atoms with Gasteiger partial charge in [0, 0.05) is 19.3 Å². The molecule has 492 valence electrons. The molecule has 0 rings (SSSR count). The van der Waals surface area contributed by atoms with Crippen LogP contribution < -0.4 is 0 Å². The molecule has 0 N–H and O–H groups in total. The molecule has 83 heavy (non-hydrogen) atoms. The quantitative estimate of drug-likeness (QED) is 0.0261. The van der Waals surface area contributed by atoms with Crippen LogP contribution in [0.4, 0.5) is 0 Å². The molecule has 0 heterocycles. The van der Waals surface area contributed by atoms with Crippen molar-refractivity contribution in [3.05, 3.63) is 12.2 Å². The molecule has 1 unspecified atom stereocenters. The first kappa shape index (κ1) is 81.2. The molecule has 0 radical (unpaired) electrons. The van der Waals surface area contributed by atoms with Crippen LogP contribution in [0.1, 0.15) is 445 Å². The van der Waals surface area contributed by atoms with E-state index < -0.39 is 6.10 Å². The molecule has 0 bridgehead atoms. The first-order chi connectivity index (χ1) is 41.0. The minimum atomic E-state index is -0.763. The molecule has 0 saturated carbocycles. The van der Waals surface area contributed by atoms with Crippen LogP contribution in [0, 0.1) is 0 Å². The Bertz CT molecular complexity index is 1300. The lowest BCUT2D eigenvalue weighted by molar-refractivity contribution is -0.167. The Morgan fingerprint density at radius 3 is 0.602 bits per heavy atom. The molecule has 0 amide bonds. The van der Waals surface area contributed by atoms with Crippen LogP contribution in [0.5, 0.6) is 0 Å². The largest absolute Gasteiger partial charge is 0.462 e. The summed E-state index contributed by atoms with van der Waals surface area (Å²) < 4.78 is 16.9. The Balaban J connectivity index is 3.86. The van der Waals surface area contributed by atoms with E-state index in [2.05, 4.69) is 32.9 Å². The van der Waals surface area contributed by atoms with Crippen LogP contribution in [0.15, 0.2) is 12.2 Å². The molecule has 6 heteroatoms. The first-order valence-electron chi connectivity index (χ1n) is 38.2. The first-order valence-corrected chi connectivity index (χ1v) is 38.2. The molecule has 0 fully saturated rings. The average molecular weight is 1170 g/mol. The number of rotatable bonds is 72. The maximum atomic E-state index is 12.9. The monoisotopic (exact) mass is 1170 g/mol. The van der Waals surface area contributed by atoms with Crippen molar-refractivity contribution >= 4 is 17.9 Å². The predicted octanol–water partition coefficient (Wildman–Crippen LogP) is 26.3. The highest BCUT2D eigenvalue weighted by Crippen LogP contribution is 2.20. The van der Waals surface area contributed by atoms with Gasteiger partial charge in [-0.05, 0) is 44.9 Å². The summed E-state index contributed by atoms with van der Waals surface area (Å²) in [5.74, 6) is -0.844. The summed E-state index contributed by atoms with van der Waals surface area (Å²) in [6.07, 6.45) is 89.1. The van der Waals surface area contributed by atoms with Gasteiger partial charge in [0.15, 0.2) is 6.10 Å². The number of ether oxygens (including phenoxy) is 3. The summed E-state index contributed by atoms with van der Waals surface area (Å²) in [6, 6.07) is 0. The molecule has 0 aromatic heterocycles. The predicted molar refractivity (Wildman–Crippen MR) is 363 cm³/mol. The number of unbranched alkanes of at least 4 members (excludes halogenated alkanes) is 59. The van der Waals surface area contributed by atoms with Gasteiger partial charge in [0.2, 0.25) is 0 Å². The maximum Gasteiger partial charge on any atom is 0.306 e. The van der Waals surface area contributed by atoms with Gasteiger partial charge in [-0.1, -0.05) is 392 Å². The van der Waals surface area contributed by atoms with E-state index in [0.29, 0.717) is 19.3 Å². The second-order valence-electron chi connectivity index (χ2n) is 26.3. The molecule has 0 saturated heterocycles. The van der Waals surface area contributed by atoms with E-state index in [0.717, 1.165) is 64.2 Å². The zero-order valence-electron chi connectivity index (χ0n) is 56.8. The summed E-state index contributed by atoms with van der Waals surface area (Å²) in [5, 5.41) is 0. The van der Waals surface area contributed by atoms with Crippen molar-refractivity contribution in [2.45, 2.75) is 451 Å². The SMILES string of the molecule is CCCCCCCCCC/C=C\CCCCCCCCCCCCCCCCCCCCCC(=O)OCC(COC(=O)CCCCCCC)OC(=O)CCCCCCCCCCCCCCCCCCCCCCCCCCCCCCC. The minimum Gasteiger partial charge on any atom is -0.462 e. The zero-order valence-corrected chi connectivity index (χ0v) is 56.8. The van der Waals surface area contributed by atoms with Crippen LogP contribution in [-0.2, 0) is 28.6 Å². The van der Waals surface area contributed by atoms with Crippen LogP contribution >= 0.6 is 0 Å². The molecule has 0 spiro atoms. The number of allylic oxidation sites excluding steroid dienone is 2. The van der Waals surface area contributed by atoms with Gasteiger partial charge >= 0.3 is 17.9 Å². The van der Waals surface area contributed by atoms with Crippen LogP contribution in [0.3, 0.4) is 0 Å². The number of esters is 3. The topological polar surface area (TPSA) is 78.9 Å². The second kappa shape index (κ2) is 72.6. The highest BCUT2D eigenvalue weighted by molar-refractivity contribution is 5.71. The summed E-state index contributed by atoms with van der Waals surface area (Å²) in [6.45, 7) is 6.65. The van der Waals surface area contributed by atoms with Gasteiger partial charge in [-0.3, -0.25) is 14.4 Å². The van der Waals surface area contributed by atoms with E-state index in [1.165, 1.54) is 340 Å². The lowest BCUT2D eigenvalue weighted by atomic mass is 10.0. The smallest absolute Gasteiger partial charge is 0.306 e. The van der Waals surface area contributed by atoms with E-state index in [9.17, 15) is 14.4 Å². The van der Waals surface area contributed by atoms with Crippen LogP contribution in [0.25, 0.3) is 0 Å². The lowest BCUT2D eigenvalue weighted by Crippen LogP contribution is -2.30. The van der Waals surface area contributed by atoms with Crippen molar-refractivity contribution in [2.75, 3.05) is 13.2 Å². The second-order valence-corrected chi connectivity index (χ2v) is 26.3. The number of carbonyl (C=O) groups excluding carboxylic acids is 3.